The lowest BCUT2D eigenvalue weighted by Crippen LogP contribution is -2.32. The van der Waals surface area contributed by atoms with E-state index in [0.717, 1.165) is 58.7 Å². The zero-order valence-corrected chi connectivity index (χ0v) is 19.8. The summed E-state index contributed by atoms with van der Waals surface area (Å²) in [6.07, 6.45) is 0.976. The van der Waals surface area contributed by atoms with Crippen molar-refractivity contribution in [3.63, 3.8) is 0 Å². The minimum Gasteiger partial charge on any atom is -0.324 e. The lowest BCUT2D eigenvalue weighted by atomic mass is 9.99. The van der Waals surface area contributed by atoms with Crippen LogP contribution in [-0.4, -0.2) is 34.0 Å². The predicted octanol–water partition coefficient (Wildman–Crippen LogP) is 6.99. The van der Waals surface area contributed by atoms with Gasteiger partial charge in [0.25, 0.3) is 0 Å². The SMILES string of the molecule is O=C(Nc1ccc2nc(-c3ccccc3)c(-c3ccccc3)nc2c1)N1CC[C@H](c2ccccc2)C1. The summed E-state index contributed by atoms with van der Waals surface area (Å²) < 4.78 is 0. The number of fused-ring (bicyclic) bond motifs is 1. The van der Waals surface area contributed by atoms with Crippen molar-refractivity contribution in [3.05, 3.63) is 115 Å². The summed E-state index contributed by atoms with van der Waals surface area (Å²) in [5, 5.41) is 3.07. The number of benzene rings is 4. The van der Waals surface area contributed by atoms with Crippen LogP contribution in [-0.2, 0) is 0 Å². The largest absolute Gasteiger partial charge is 0.324 e. The molecule has 1 fully saturated rings. The highest BCUT2D eigenvalue weighted by Crippen LogP contribution is 2.32. The van der Waals surface area contributed by atoms with Gasteiger partial charge >= 0.3 is 6.03 Å². The maximum absolute atomic E-state index is 13.0. The van der Waals surface area contributed by atoms with E-state index in [0.29, 0.717) is 5.92 Å². The van der Waals surface area contributed by atoms with E-state index >= 15 is 0 Å². The fourth-order valence-electron chi connectivity index (χ4n) is 4.87. The third-order valence-corrected chi connectivity index (χ3v) is 6.76. The molecule has 176 valence electrons. The highest BCUT2D eigenvalue weighted by atomic mass is 16.2. The number of rotatable bonds is 4. The summed E-state index contributed by atoms with van der Waals surface area (Å²) >= 11 is 0. The highest BCUT2D eigenvalue weighted by Gasteiger charge is 2.27. The van der Waals surface area contributed by atoms with E-state index in [4.69, 9.17) is 9.97 Å². The average molecular weight is 471 g/mol. The summed E-state index contributed by atoms with van der Waals surface area (Å²) in [6, 6.07) is 36.3. The fourth-order valence-corrected chi connectivity index (χ4v) is 4.87. The second-order valence-corrected chi connectivity index (χ2v) is 9.13. The van der Waals surface area contributed by atoms with Gasteiger partial charge in [-0.15, -0.1) is 0 Å². The number of hydrogen-bond acceptors (Lipinski definition) is 3. The summed E-state index contributed by atoms with van der Waals surface area (Å²) in [7, 11) is 0. The Morgan fingerprint density at radius 2 is 1.31 bits per heavy atom. The fraction of sp³-hybridized carbons (Fsp3) is 0.129. The quantitative estimate of drug-likeness (QED) is 0.308. The third kappa shape index (κ3) is 4.43. The van der Waals surface area contributed by atoms with Gasteiger partial charge in [-0.3, -0.25) is 0 Å². The van der Waals surface area contributed by atoms with Crippen LogP contribution in [0.4, 0.5) is 10.5 Å². The maximum Gasteiger partial charge on any atom is 0.321 e. The van der Waals surface area contributed by atoms with Crippen molar-refractivity contribution in [2.45, 2.75) is 12.3 Å². The summed E-state index contributed by atoms with van der Waals surface area (Å²) in [6.45, 7) is 1.47. The second kappa shape index (κ2) is 9.62. The monoisotopic (exact) mass is 470 g/mol. The van der Waals surface area contributed by atoms with E-state index in [-0.39, 0.29) is 6.03 Å². The molecule has 1 aliphatic heterocycles. The zero-order chi connectivity index (χ0) is 24.3. The van der Waals surface area contributed by atoms with Crippen molar-refractivity contribution < 1.29 is 4.79 Å². The maximum atomic E-state index is 13.0. The number of likely N-dealkylation sites (tertiary alicyclic amines) is 1. The Kier molecular flexibility index (Phi) is 5.88. The van der Waals surface area contributed by atoms with Gasteiger partial charge in [0, 0.05) is 35.8 Å². The molecule has 0 aliphatic carbocycles. The molecule has 1 aromatic heterocycles. The summed E-state index contributed by atoms with van der Waals surface area (Å²) in [5.41, 5.74) is 7.23. The van der Waals surface area contributed by atoms with Crippen LogP contribution in [0.5, 0.6) is 0 Å². The van der Waals surface area contributed by atoms with Crippen molar-refractivity contribution in [3.8, 4) is 22.5 Å². The molecule has 1 atom stereocenters. The first kappa shape index (κ1) is 22.0. The number of hydrogen-bond donors (Lipinski definition) is 1. The molecule has 0 unspecified atom stereocenters. The molecule has 0 spiro atoms. The molecule has 5 heteroatoms. The number of urea groups is 1. The first-order valence-corrected chi connectivity index (χ1v) is 12.3. The van der Waals surface area contributed by atoms with Crippen molar-refractivity contribution in [2.75, 3.05) is 18.4 Å². The molecule has 0 radical (unpaired) electrons. The van der Waals surface area contributed by atoms with E-state index in [2.05, 4.69) is 41.7 Å². The normalized spacial score (nSPS) is 15.2. The smallest absolute Gasteiger partial charge is 0.321 e. The number of carbonyl (C=O) groups is 1. The molecular weight excluding hydrogens is 444 g/mol. The van der Waals surface area contributed by atoms with E-state index in [9.17, 15) is 4.79 Å². The average Bonchev–Trinajstić information content (AvgIpc) is 3.45. The Morgan fingerprint density at radius 1 is 0.722 bits per heavy atom. The Balaban J connectivity index is 1.29. The van der Waals surface area contributed by atoms with Crippen molar-refractivity contribution in [1.82, 2.24) is 14.9 Å². The van der Waals surface area contributed by atoms with Crippen LogP contribution in [0.3, 0.4) is 0 Å². The van der Waals surface area contributed by atoms with Crippen LogP contribution >= 0.6 is 0 Å². The first-order chi connectivity index (χ1) is 17.7. The molecule has 5 nitrogen and oxygen atoms in total. The van der Waals surface area contributed by atoms with Crippen LogP contribution in [0.1, 0.15) is 17.9 Å². The van der Waals surface area contributed by atoms with E-state index < -0.39 is 0 Å². The van der Waals surface area contributed by atoms with Crippen LogP contribution < -0.4 is 5.32 Å². The molecule has 36 heavy (non-hydrogen) atoms. The van der Waals surface area contributed by atoms with E-state index in [1.807, 2.05) is 77.7 Å². The lowest BCUT2D eigenvalue weighted by molar-refractivity contribution is 0.222. The standard InChI is InChI=1S/C31H26N4O/c36-31(35-19-18-25(21-35)22-10-4-1-5-11-22)32-26-16-17-27-28(20-26)34-30(24-14-8-3-9-15-24)29(33-27)23-12-6-2-7-13-23/h1-17,20,25H,18-19,21H2,(H,32,36)/t25-/m0/s1. The highest BCUT2D eigenvalue weighted by molar-refractivity contribution is 5.93. The number of amides is 2. The summed E-state index contributed by atoms with van der Waals surface area (Å²) in [4.78, 5) is 24.9. The number of nitrogens with one attached hydrogen (secondary N) is 1. The molecule has 4 aromatic carbocycles. The van der Waals surface area contributed by atoms with Gasteiger partial charge < -0.3 is 10.2 Å². The van der Waals surface area contributed by atoms with Gasteiger partial charge in [-0.2, -0.15) is 0 Å². The molecule has 0 saturated carbocycles. The van der Waals surface area contributed by atoms with Crippen molar-refractivity contribution in [1.29, 1.82) is 0 Å². The Labute approximate surface area is 210 Å². The second-order valence-electron chi connectivity index (χ2n) is 9.13. The van der Waals surface area contributed by atoms with Gasteiger partial charge in [0.15, 0.2) is 0 Å². The molecule has 1 saturated heterocycles. The van der Waals surface area contributed by atoms with E-state index in [1.54, 1.807) is 0 Å². The number of aromatic nitrogens is 2. The molecule has 1 aliphatic rings. The van der Waals surface area contributed by atoms with Crippen LogP contribution in [0.15, 0.2) is 109 Å². The molecule has 2 amide bonds. The van der Waals surface area contributed by atoms with Gasteiger partial charge in [0.2, 0.25) is 0 Å². The zero-order valence-electron chi connectivity index (χ0n) is 19.8. The minimum atomic E-state index is -0.0788. The Morgan fingerprint density at radius 3 is 1.94 bits per heavy atom. The number of nitrogens with zero attached hydrogens (tertiary/aromatic N) is 3. The Hall–Kier alpha value is -4.51. The number of anilines is 1. The van der Waals surface area contributed by atoms with Gasteiger partial charge in [-0.1, -0.05) is 91.0 Å². The van der Waals surface area contributed by atoms with E-state index in [1.165, 1.54) is 5.56 Å². The van der Waals surface area contributed by atoms with Crippen molar-refractivity contribution >= 4 is 22.8 Å². The molecular formula is C31H26N4O. The molecule has 2 heterocycles. The van der Waals surface area contributed by atoms with Crippen molar-refractivity contribution in [2.24, 2.45) is 0 Å². The third-order valence-electron chi connectivity index (χ3n) is 6.76. The summed E-state index contributed by atoms with van der Waals surface area (Å²) in [5.74, 6) is 0.379. The van der Waals surface area contributed by atoms with Crippen LogP contribution in [0, 0.1) is 0 Å². The first-order valence-electron chi connectivity index (χ1n) is 12.3. The predicted molar refractivity (Wildman–Crippen MR) is 145 cm³/mol. The molecule has 6 rings (SSSR count). The molecule has 0 bridgehead atoms. The van der Waals surface area contributed by atoms with Gasteiger partial charge in [0.05, 0.1) is 22.4 Å². The topological polar surface area (TPSA) is 58.1 Å². The Bertz CT molecular complexity index is 1500. The molecule has 5 aromatic rings. The van der Waals surface area contributed by atoms with Gasteiger partial charge in [-0.25, -0.2) is 14.8 Å². The van der Waals surface area contributed by atoms with Gasteiger partial charge in [-0.05, 0) is 30.2 Å². The minimum absolute atomic E-state index is 0.0788. The lowest BCUT2D eigenvalue weighted by Gasteiger charge is -2.18. The van der Waals surface area contributed by atoms with Crippen LogP contribution in [0.2, 0.25) is 0 Å². The molecule has 1 N–H and O–H groups in total. The number of carbonyl (C=O) groups excluding carboxylic acids is 1. The van der Waals surface area contributed by atoms with Gasteiger partial charge in [0.1, 0.15) is 0 Å². The van der Waals surface area contributed by atoms with Crippen LogP contribution in [0.25, 0.3) is 33.5 Å².